The smallest absolute Gasteiger partial charge is 0.0554 e. The molecule has 3 aromatic rings. The topological polar surface area (TPSA) is 0 Å². The molecule has 0 saturated heterocycles. The lowest BCUT2D eigenvalue weighted by molar-refractivity contribution is 1.48. The molecule has 0 nitrogen and oxygen atoms in total. The summed E-state index contributed by atoms with van der Waals surface area (Å²) in [5.41, 5.74) is 3.93. The van der Waals surface area contributed by atoms with Crippen molar-refractivity contribution in [2.45, 2.75) is 20.8 Å². The van der Waals surface area contributed by atoms with Crippen LogP contribution in [-0.2, 0) is 0 Å². The molecule has 116 valence electrons. The Morgan fingerprint density at radius 1 is 0.478 bits per heavy atom. The number of halogens is 1. The molecule has 0 bridgehead atoms. The van der Waals surface area contributed by atoms with Gasteiger partial charge in [-0.3, -0.25) is 0 Å². The monoisotopic (exact) mass is 431 g/mol. The molecule has 0 fully saturated rings. The van der Waals surface area contributed by atoms with Crippen LogP contribution in [0.15, 0.2) is 72.8 Å². The molecule has 0 aliphatic carbocycles. The Kier molecular flexibility index (Phi) is 4.89. The molecule has 0 amide bonds. The van der Waals surface area contributed by atoms with Gasteiger partial charge in [-0.15, -0.1) is 0 Å². The van der Waals surface area contributed by atoms with E-state index in [2.05, 4.69) is 116 Å². The van der Waals surface area contributed by atoms with Crippen LogP contribution in [0.2, 0.25) is 0 Å². The standard InChI is InChI=1S/C21H21IP/c1-16-4-10-19(11-5-16)23(22,20-12-6-17(2)7-13-20)21-14-8-18(3)9-15-21/h4-15H,1-3H3/q+1. The molecule has 0 saturated carbocycles. The van der Waals surface area contributed by atoms with Crippen molar-refractivity contribution < 1.29 is 0 Å². The molecule has 0 heterocycles. The highest BCUT2D eigenvalue weighted by Crippen LogP contribution is 2.63. The zero-order chi connectivity index (χ0) is 16.4. The van der Waals surface area contributed by atoms with Gasteiger partial charge in [-0.1, -0.05) is 53.1 Å². The second kappa shape index (κ2) is 6.75. The summed E-state index contributed by atoms with van der Waals surface area (Å²) in [4.78, 5) is -1.62. The fraction of sp³-hybridized carbons (Fsp3) is 0.143. The van der Waals surface area contributed by atoms with E-state index in [9.17, 15) is 0 Å². The van der Waals surface area contributed by atoms with E-state index >= 15 is 0 Å². The average Bonchev–Trinajstić information content (AvgIpc) is 2.56. The zero-order valence-corrected chi connectivity index (χ0v) is 16.8. The highest BCUT2D eigenvalue weighted by Gasteiger charge is 2.43. The van der Waals surface area contributed by atoms with E-state index in [-0.39, 0.29) is 0 Å². The Balaban J connectivity index is 2.21. The number of rotatable bonds is 3. The lowest BCUT2D eigenvalue weighted by Crippen LogP contribution is -2.26. The highest BCUT2D eigenvalue weighted by molar-refractivity contribution is 14.2. The maximum absolute atomic E-state index is 2.72. The quantitative estimate of drug-likeness (QED) is 0.392. The molecule has 0 aliphatic rings. The van der Waals surface area contributed by atoms with Gasteiger partial charge in [-0.25, -0.2) is 0 Å². The van der Waals surface area contributed by atoms with E-state index in [1.807, 2.05) is 0 Å². The van der Waals surface area contributed by atoms with Gasteiger partial charge in [0.2, 0.25) is 0 Å². The van der Waals surface area contributed by atoms with Gasteiger partial charge in [0.15, 0.2) is 26.9 Å². The summed E-state index contributed by atoms with van der Waals surface area (Å²) in [6.45, 7) is 6.44. The third kappa shape index (κ3) is 3.36. The third-order valence-corrected chi connectivity index (χ3v) is 12.2. The van der Waals surface area contributed by atoms with Gasteiger partial charge < -0.3 is 0 Å². The van der Waals surface area contributed by atoms with Crippen LogP contribution in [-0.4, -0.2) is 0 Å². The molecule has 0 aromatic heterocycles. The summed E-state index contributed by atoms with van der Waals surface area (Å²) < 4.78 is 0. The molecule has 3 aromatic carbocycles. The lowest BCUT2D eigenvalue weighted by atomic mass is 10.2. The summed E-state index contributed by atoms with van der Waals surface area (Å²) in [6, 6.07) is 27.2. The van der Waals surface area contributed by atoms with E-state index in [0.29, 0.717) is 0 Å². The average molecular weight is 431 g/mol. The first-order valence-electron chi connectivity index (χ1n) is 7.80. The lowest BCUT2D eigenvalue weighted by Gasteiger charge is -2.20. The number of hydrogen-bond acceptors (Lipinski definition) is 0. The Hall–Kier alpha value is -1.18. The van der Waals surface area contributed by atoms with Gasteiger partial charge in [-0.05, 0) is 57.2 Å². The predicted octanol–water partition coefficient (Wildman–Crippen LogP) is 5.26. The minimum absolute atomic E-state index is 1.31. The first-order chi connectivity index (χ1) is 11.0. The Morgan fingerprint density at radius 2 is 0.696 bits per heavy atom. The Labute approximate surface area is 152 Å². The van der Waals surface area contributed by atoms with Crippen LogP contribution in [0.5, 0.6) is 0 Å². The fourth-order valence-corrected chi connectivity index (χ4v) is 8.17. The van der Waals surface area contributed by atoms with E-state index in [4.69, 9.17) is 0 Å². The Bertz CT molecular complexity index is 676. The van der Waals surface area contributed by atoms with Crippen LogP contribution in [0.25, 0.3) is 0 Å². The van der Waals surface area contributed by atoms with Crippen molar-refractivity contribution >= 4 is 42.9 Å². The van der Waals surface area contributed by atoms with E-state index in [1.165, 1.54) is 32.6 Å². The van der Waals surface area contributed by atoms with E-state index in [0.717, 1.165) is 0 Å². The van der Waals surface area contributed by atoms with E-state index < -0.39 is 4.90 Å². The maximum atomic E-state index is 2.72. The fourth-order valence-electron chi connectivity index (χ4n) is 2.70. The second-order valence-electron chi connectivity index (χ2n) is 6.10. The summed E-state index contributed by atoms with van der Waals surface area (Å²) in [6.07, 6.45) is 0. The molecular weight excluding hydrogens is 410 g/mol. The van der Waals surface area contributed by atoms with Gasteiger partial charge in [0, 0.05) is 0 Å². The molecule has 2 heteroatoms. The van der Waals surface area contributed by atoms with E-state index in [1.54, 1.807) is 0 Å². The summed E-state index contributed by atoms with van der Waals surface area (Å²) >= 11 is 2.72. The number of hydrogen-bond donors (Lipinski definition) is 0. The van der Waals surface area contributed by atoms with Crippen molar-refractivity contribution in [2.75, 3.05) is 0 Å². The van der Waals surface area contributed by atoms with Crippen LogP contribution in [0.4, 0.5) is 0 Å². The van der Waals surface area contributed by atoms with Crippen LogP contribution in [0.1, 0.15) is 16.7 Å². The molecule has 0 atom stereocenters. The summed E-state index contributed by atoms with van der Waals surface area (Å²) in [5.74, 6) is 0. The second-order valence-corrected chi connectivity index (χ2v) is 13.2. The molecule has 0 aliphatic heterocycles. The highest BCUT2D eigenvalue weighted by atomic mass is 127. The summed E-state index contributed by atoms with van der Waals surface area (Å²) in [7, 11) is 0. The molecule has 3 rings (SSSR count). The molecular formula is C21H21IP+. The van der Waals surface area contributed by atoms with Gasteiger partial charge in [0.05, 0.1) is 0 Å². The molecule has 23 heavy (non-hydrogen) atoms. The van der Waals surface area contributed by atoms with Crippen molar-refractivity contribution in [3.63, 3.8) is 0 Å². The predicted molar refractivity (Wildman–Crippen MR) is 113 cm³/mol. The van der Waals surface area contributed by atoms with Crippen LogP contribution >= 0.6 is 26.9 Å². The molecule has 0 N–H and O–H groups in total. The molecule has 0 radical (unpaired) electrons. The van der Waals surface area contributed by atoms with Crippen molar-refractivity contribution in [1.29, 1.82) is 0 Å². The van der Waals surface area contributed by atoms with Crippen LogP contribution < -0.4 is 15.9 Å². The van der Waals surface area contributed by atoms with Crippen molar-refractivity contribution in [3.8, 4) is 0 Å². The number of benzene rings is 3. The van der Waals surface area contributed by atoms with Gasteiger partial charge in [0.25, 0.3) is 0 Å². The first kappa shape index (κ1) is 16.7. The minimum Gasteiger partial charge on any atom is -0.0554 e. The molecule has 0 unspecified atom stereocenters. The normalized spacial score (nSPS) is 11.5. The SMILES string of the molecule is Cc1ccc([P+](I)(c2ccc(C)cc2)c2ccc(C)cc2)cc1. The van der Waals surface area contributed by atoms with Crippen molar-refractivity contribution in [1.82, 2.24) is 0 Å². The minimum atomic E-state index is -1.62. The van der Waals surface area contributed by atoms with Gasteiger partial charge >= 0.3 is 0 Å². The van der Waals surface area contributed by atoms with Crippen molar-refractivity contribution in [3.05, 3.63) is 89.5 Å². The summed E-state index contributed by atoms with van der Waals surface area (Å²) in [5, 5.41) is 4.28. The van der Waals surface area contributed by atoms with Gasteiger partial charge in [0.1, 0.15) is 15.9 Å². The van der Waals surface area contributed by atoms with Gasteiger partial charge in [-0.2, -0.15) is 0 Å². The Morgan fingerprint density at radius 3 is 0.913 bits per heavy atom. The molecule has 0 spiro atoms. The van der Waals surface area contributed by atoms with Crippen molar-refractivity contribution in [2.24, 2.45) is 0 Å². The first-order valence-corrected chi connectivity index (χ1v) is 12.4. The zero-order valence-electron chi connectivity index (χ0n) is 13.8. The largest absolute Gasteiger partial charge is 0.173 e. The van der Waals surface area contributed by atoms with Crippen LogP contribution in [0, 0.1) is 20.8 Å². The van der Waals surface area contributed by atoms with Crippen LogP contribution in [0.3, 0.4) is 0 Å². The third-order valence-electron chi connectivity index (χ3n) is 4.17. The number of aryl methyl sites for hydroxylation is 3. The maximum Gasteiger partial charge on any atom is 0.173 e.